The number of aromatic nitrogens is 1. The highest BCUT2D eigenvalue weighted by atomic mass is 19.1. The minimum absolute atomic E-state index is 0.0201. The normalized spacial score (nSPS) is 21.9. The summed E-state index contributed by atoms with van der Waals surface area (Å²) in [6, 6.07) is 0.926. The Balaban J connectivity index is 1.89. The van der Waals surface area contributed by atoms with Gasteiger partial charge in [-0.3, -0.25) is 9.59 Å². The number of ether oxygens (including phenoxy) is 1. The van der Waals surface area contributed by atoms with Crippen molar-refractivity contribution in [3.8, 4) is 0 Å². The maximum Gasteiger partial charge on any atom is 0.341 e. The molecule has 1 saturated heterocycles. The van der Waals surface area contributed by atoms with Crippen LogP contribution in [0.25, 0.3) is 10.9 Å². The molecule has 0 spiro atoms. The number of pyridine rings is 1. The van der Waals surface area contributed by atoms with Crippen LogP contribution in [0.5, 0.6) is 0 Å². The molecule has 1 aromatic carbocycles. The van der Waals surface area contributed by atoms with Gasteiger partial charge in [-0.1, -0.05) is 0 Å². The quantitative estimate of drug-likeness (QED) is 0.873. The Labute approximate surface area is 152 Å². The molecule has 27 heavy (non-hydrogen) atoms. The molecule has 2 fully saturated rings. The largest absolute Gasteiger partial charge is 0.477 e. The van der Waals surface area contributed by atoms with E-state index in [9.17, 15) is 19.5 Å². The second kappa shape index (κ2) is 5.63. The number of carboxylic acid groups (broad SMARTS) is 1. The van der Waals surface area contributed by atoms with Crippen molar-refractivity contribution in [2.75, 3.05) is 11.5 Å². The number of benzene rings is 1. The Kier molecular flexibility index (Phi) is 3.42. The van der Waals surface area contributed by atoms with Gasteiger partial charge in [-0.25, -0.2) is 9.18 Å². The molecular formula is C19H17FN2O5. The molecule has 3 aliphatic rings. The van der Waals surface area contributed by atoms with E-state index in [0.717, 1.165) is 18.9 Å². The summed E-state index contributed by atoms with van der Waals surface area (Å²) in [6.45, 7) is 0.380. The monoisotopic (exact) mass is 372 g/mol. The van der Waals surface area contributed by atoms with E-state index >= 15 is 4.39 Å². The molecule has 0 unspecified atom stereocenters. The van der Waals surface area contributed by atoms with E-state index in [4.69, 9.17) is 4.74 Å². The third-order valence-corrected chi connectivity index (χ3v) is 5.63. The van der Waals surface area contributed by atoms with Gasteiger partial charge in [0.2, 0.25) is 11.3 Å². The Hall–Kier alpha value is -2.74. The van der Waals surface area contributed by atoms with E-state index in [0.29, 0.717) is 30.5 Å². The van der Waals surface area contributed by atoms with Gasteiger partial charge in [-0.05, 0) is 25.3 Å². The van der Waals surface area contributed by atoms with E-state index in [1.807, 2.05) is 0 Å². The Morgan fingerprint density at radius 2 is 2.00 bits per heavy atom. The van der Waals surface area contributed by atoms with Crippen molar-refractivity contribution in [2.24, 2.45) is 0 Å². The van der Waals surface area contributed by atoms with Crippen LogP contribution >= 0.6 is 0 Å². The summed E-state index contributed by atoms with van der Waals surface area (Å²) in [5, 5.41) is 9.40. The molecule has 1 aromatic heterocycles. The van der Waals surface area contributed by atoms with Crippen molar-refractivity contribution in [1.82, 2.24) is 4.57 Å². The minimum Gasteiger partial charge on any atom is -0.477 e. The standard InChI is InChI=1S/C19H17FN2O5/c20-14-5-11-16(21(9-1-2-9)6-12(18(11)24)19(25)26)13-8-27-7-10-3-4-15(23)22(10)17(13)14/h5-6,9-10H,1-4,7-8H2,(H,25,26)/t10-/m0/s1. The van der Waals surface area contributed by atoms with Crippen molar-refractivity contribution in [1.29, 1.82) is 0 Å². The van der Waals surface area contributed by atoms with Gasteiger partial charge in [0.05, 0.1) is 30.5 Å². The van der Waals surface area contributed by atoms with E-state index in [-0.39, 0.29) is 41.2 Å². The smallest absolute Gasteiger partial charge is 0.341 e. The van der Waals surface area contributed by atoms with Gasteiger partial charge < -0.3 is 19.3 Å². The SMILES string of the molecule is O=C(O)c1cn(C2CC2)c2c3c(c(F)cc2c1=O)N1C(=O)CC[C@H]1COC3. The predicted octanol–water partition coefficient (Wildman–Crippen LogP) is 2.20. The molecule has 0 radical (unpaired) electrons. The first-order valence-corrected chi connectivity index (χ1v) is 9.00. The maximum atomic E-state index is 15.1. The molecule has 140 valence electrons. The highest BCUT2D eigenvalue weighted by Crippen LogP contribution is 2.42. The fourth-order valence-corrected chi connectivity index (χ4v) is 4.25. The van der Waals surface area contributed by atoms with E-state index < -0.39 is 17.2 Å². The van der Waals surface area contributed by atoms with Crippen LogP contribution in [0, 0.1) is 5.82 Å². The summed E-state index contributed by atoms with van der Waals surface area (Å²) in [5.74, 6) is -2.18. The molecule has 7 nitrogen and oxygen atoms in total. The summed E-state index contributed by atoms with van der Waals surface area (Å²) in [7, 11) is 0. The van der Waals surface area contributed by atoms with Crippen LogP contribution in [0.3, 0.4) is 0 Å². The number of aromatic carboxylic acids is 1. The molecule has 1 saturated carbocycles. The number of hydrogen-bond donors (Lipinski definition) is 1. The molecule has 1 N–H and O–H groups in total. The first kappa shape index (κ1) is 16.4. The number of rotatable bonds is 2. The highest BCUT2D eigenvalue weighted by molar-refractivity contribution is 6.01. The average Bonchev–Trinajstić information content (AvgIpc) is 3.42. The van der Waals surface area contributed by atoms with Gasteiger partial charge in [0.15, 0.2) is 0 Å². The van der Waals surface area contributed by atoms with Crippen LogP contribution in [0.1, 0.15) is 47.6 Å². The summed E-state index contributed by atoms with van der Waals surface area (Å²) < 4.78 is 22.6. The zero-order valence-electron chi connectivity index (χ0n) is 14.4. The molecule has 0 bridgehead atoms. The summed E-state index contributed by atoms with van der Waals surface area (Å²) >= 11 is 0. The number of halogens is 1. The first-order valence-electron chi connectivity index (χ1n) is 9.00. The number of nitrogens with zero attached hydrogens (tertiary/aromatic N) is 2. The Morgan fingerprint density at radius 3 is 2.70 bits per heavy atom. The van der Waals surface area contributed by atoms with Gasteiger partial charge in [0.1, 0.15) is 11.4 Å². The fraction of sp³-hybridized carbons (Fsp3) is 0.421. The van der Waals surface area contributed by atoms with E-state index in [2.05, 4.69) is 0 Å². The summed E-state index contributed by atoms with van der Waals surface area (Å²) in [5.41, 5.74) is 0.000347. The van der Waals surface area contributed by atoms with Gasteiger partial charge in [-0.15, -0.1) is 0 Å². The number of carboxylic acids is 1. The van der Waals surface area contributed by atoms with Crippen molar-refractivity contribution in [3.63, 3.8) is 0 Å². The Morgan fingerprint density at radius 1 is 1.22 bits per heavy atom. The topological polar surface area (TPSA) is 88.8 Å². The van der Waals surface area contributed by atoms with Crippen molar-refractivity contribution >= 4 is 28.5 Å². The average molecular weight is 372 g/mol. The zero-order chi connectivity index (χ0) is 18.9. The highest BCUT2D eigenvalue weighted by Gasteiger charge is 2.39. The summed E-state index contributed by atoms with van der Waals surface area (Å²) in [4.78, 5) is 38.1. The lowest BCUT2D eigenvalue weighted by Crippen LogP contribution is -2.35. The lowest BCUT2D eigenvalue weighted by Gasteiger charge is -2.25. The van der Waals surface area contributed by atoms with Crippen LogP contribution < -0.4 is 10.3 Å². The van der Waals surface area contributed by atoms with Gasteiger partial charge >= 0.3 is 5.97 Å². The predicted molar refractivity (Wildman–Crippen MR) is 93.6 cm³/mol. The maximum absolute atomic E-state index is 15.1. The number of carbonyl (C=O) groups excluding carboxylic acids is 1. The lowest BCUT2D eigenvalue weighted by atomic mass is 10.0. The molecular weight excluding hydrogens is 355 g/mol. The lowest BCUT2D eigenvalue weighted by molar-refractivity contribution is -0.117. The number of fused-ring (bicyclic) bond motifs is 5. The van der Waals surface area contributed by atoms with Crippen molar-refractivity contribution in [2.45, 2.75) is 44.4 Å². The van der Waals surface area contributed by atoms with E-state index in [1.165, 1.54) is 11.1 Å². The molecule has 1 amide bonds. The molecule has 8 heteroatoms. The molecule has 2 aliphatic heterocycles. The zero-order valence-corrected chi connectivity index (χ0v) is 14.4. The second-order valence-electron chi connectivity index (χ2n) is 7.37. The third kappa shape index (κ3) is 2.32. The number of hydrogen-bond acceptors (Lipinski definition) is 4. The van der Waals surface area contributed by atoms with Crippen molar-refractivity contribution in [3.05, 3.63) is 39.4 Å². The van der Waals surface area contributed by atoms with Crippen molar-refractivity contribution < 1.29 is 23.8 Å². The minimum atomic E-state index is -1.34. The van der Waals surface area contributed by atoms with Crippen LogP contribution in [0.4, 0.5) is 10.1 Å². The molecule has 5 rings (SSSR count). The van der Waals surface area contributed by atoms with Gasteiger partial charge in [0.25, 0.3) is 0 Å². The van der Waals surface area contributed by atoms with Crippen LogP contribution in [-0.2, 0) is 16.1 Å². The van der Waals surface area contributed by atoms with Gasteiger partial charge in [-0.2, -0.15) is 0 Å². The fourth-order valence-electron chi connectivity index (χ4n) is 4.25. The van der Waals surface area contributed by atoms with Crippen LogP contribution in [-0.4, -0.2) is 34.2 Å². The second-order valence-corrected chi connectivity index (χ2v) is 7.37. The molecule has 2 aromatic rings. The molecule has 1 aliphatic carbocycles. The number of anilines is 1. The number of carbonyl (C=O) groups is 2. The van der Waals surface area contributed by atoms with Crippen LogP contribution in [0.2, 0.25) is 0 Å². The van der Waals surface area contributed by atoms with E-state index in [1.54, 1.807) is 4.57 Å². The van der Waals surface area contributed by atoms with Crippen LogP contribution in [0.15, 0.2) is 17.1 Å². The molecule has 3 heterocycles. The van der Waals surface area contributed by atoms with Gasteiger partial charge in [0, 0.05) is 29.6 Å². The Bertz CT molecular complexity index is 1070. The number of amides is 1. The summed E-state index contributed by atoms with van der Waals surface area (Å²) in [6.07, 6.45) is 3.99. The first-order chi connectivity index (χ1) is 13.0. The molecule has 1 atom stereocenters. The third-order valence-electron chi connectivity index (χ3n) is 5.63.